The molecule has 6 heteroatoms. The summed E-state index contributed by atoms with van der Waals surface area (Å²) in [7, 11) is 0. The predicted octanol–water partition coefficient (Wildman–Crippen LogP) is 1.57. The van der Waals surface area contributed by atoms with Gasteiger partial charge in [0, 0.05) is 19.2 Å². The summed E-state index contributed by atoms with van der Waals surface area (Å²) in [6, 6.07) is 9.11. The third-order valence-corrected chi connectivity index (χ3v) is 3.36. The highest BCUT2D eigenvalue weighted by Crippen LogP contribution is 2.20. The van der Waals surface area contributed by atoms with Gasteiger partial charge in [-0.25, -0.2) is 4.79 Å². The normalized spacial score (nSPS) is 13.9. The van der Waals surface area contributed by atoms with E-state index in [0.717, 1.165) is 18.1 Å². The van der Waals surface area contributed by atoms with Crippen molar-refractivity contribution in [2.45, 2.75) is 13.0 Å². The minimum absolute atomic E-state index is 0.0294. The largest absolute Gasteiger partial charge is 0.475 e. The zero-order chi connectivity index (χ0) is 14.1. The molecule has 1 amide bonds. The molecule has 1 aliphatic heterocycles. The van der Waals surface area contributed by atoms with E-state index in [1.54, 1.807) is 4.90 Å². The molecule has 0 bridgehead atoms. The number of carboxylic acid groups (broad SMARTS) is 1. The molecule has 0 fully saturated rings. The van der Waals surface area contributed by atoms with Gasteiger partial charge in [0.25, 0.3) is 5.91 Å². The van der Waals surface area contributed by atoms with Gasteiger partial charge in [0.15, 0.2) is 5.69 Å². The Kier molecular flexibility index (Phi) is 2.98. The first-order chi connectivity index (χ1) is 9.65. The number of hydrogen-bond donors (Lipinski definition) is 1. The van der Waals surface area contributed by atoms with Gasteiger partial charge in [0.2, 0.25) is 5.76 Å². The summed E-state index contributed by atoms with van der Waals surface area (Å²) < 4.78 is 4.61. The second-order valence-electron chi connectivity index (χ2n) is 4.63. The Morgan fingerprint density at radius 3 is 2.70 bits per heavy atom. The molecule has 0 spiro atoms. The van der Waals surface area contributed by atoms with Crippen molar-refractivity contribution in [3.8, 4) is 0 Å². The molecule has 0 saturated carbocycles. The second-order valence-corrected chi connectivity index (χ2v) is 4.63. The zero-order valence-corrected chi connectivity index (χ0v) is 10.6. The molecule has 0 aliphatic carbocycles. The average molecular weight is 272 g/mol. The fourth-order valence-corrected chi connectivity index (χ4v) is 2.31. The van der Waals surface area contributed by atoms with Crippen molar-refractivity contribution in [1.82, 2.24) is 10.1 Å². The Hall–Kier alpha value is -2.63. The molecule has 0 saturated heterocycles. The fourth-order valence-electron chi connectivity index (χ4n) is 2.31. The van der Waals surface area contributed by atoms with Crippen LogP contribution in [0.15, 0.2) is 34.9 Å². The number of aromatic carboxylic acids is 1. The lowest BCUT2D eigenvalue weighted by molar-refractivity contribution is 0.0647. The summed E-state index contributed by atoms with van der Waals surface area (Å²) in [5, 5.41) is 12.3. The van der Waals surface area contributed by atoms with Crippen LogP contribution in [-0.2, 0) is 13.0 Å². The van der Waals surface area contributed by atoms with Crippen molar-refractivity contribution in [3.63, 3.8) is 0 Å². The predicted molar refractivity (Wildman–Crippen MR) is 68.3 cm³/mol. The maximum atomic E-state index is 12.3. The van der Waals surface area contributed by atoms with Crippen LogP contribution in [0, 0.1) is 0 Å². The topological polar surface area (TPSA) is 83.6 Å². The monoisotopic (exact) mass is 272 g/mol. The fraction of sp³-hybridized carbons (Fsp3) is 0.214. The number of nitrogens with zero attached hydrogens (tertiary/aromatic N) is 2. The molecule has 6 nitrogen and oxygen atoms in total. The average Bonchev–Trinajstić information content (AvgIpc) is 2.96. The number of rotatable bonds is 2. The third-order valence-electron chi connectivity index (χ3n) is 3.36. The van der Waals surface area contributed by atoms with Gasteiger partial charge in [-0.1, -0.05) is 29.4 Å². The summed E-state index contributed by atoms with van der Waals surface area (Å²) in [6.45, 7) is 1.09. The van der Waals surface area contributed by atoms with E-state index in [9.17, 15) is 9.59 Å². The molecular formula is C14H12N2O4. The number of fused-ring (bicyclic) bond motifs is 1. The molecule has 1 N–H and O–H groups in total. The first-order valence-electron chi connectivity index (χ1n) is 6.21. The lowest BCUT2D eigenvalue weighted by Gasteiger charge is -2.28. The maximum absolute atomic E-state index is 12.3. The van der Waals surface area contributed by atoms with Gasteiger partial charge in [-0.2, -0.15) is 0 Å². The second kappa shape index (κ2) is 4.80. The Labute approximate surface area is 114 Å². The summed E-state index contributed by atoms with van der Waals surface area (Å²) in [4.78, 5) is 24.6. The SMILES string of the molecule is O=C(O)c1cc(C(=O)N2CCc3ccccc3C2)no1. The minimum atomic E-state index is -1.24. The number of benzene rings is 1. The van der Waals surface area contributed by atoms with Crippen LogP contribution >= 0.6 is 0 Å². The molecule has 1 aromatic carbocycles. The molecular weight excluding hydrogens is 260 g/mol. The summed E-state index contributed by atoms with van der Waals surface area (Å²) in [5.41, 5.74) is 2.37. The van der Waals surface area contributed by atoms with Crippen LogP contribution in [0.2, 0.25) is 0 Å². The highest BCUT2D eigenvalue weighted by Gasteiger charge is 2.25. The van der Waals surface area contributed by atoms with Gasteiger partial charge in [0.05, 0.1) is 0 Å². The van der Waals surface area contributed by atoms with Crippen molar-refractivity contribution >= 4 is 11.9 Å². The first kappa shape index (κ1) is 12.4. The summed E-state index contributed by atoms with van der Waals surface area (Å²) in [5.74, 6) is -1.87. The van der Waals surface area contributed by atoms with Gasteiger partial charge in [-0.15, -0.1) is 0 Å². The van der Waals surface area contributed by atoms with E-state index >= 15 is 0 Å². The highest BCUT2D eigenvalue weighted by molar-refractivity contribution is 5.94. The first-order valence-corrected chi connectivity index (χ1v) is 6.21. The summed E-state index contributed by atoms with van der Waals surface area (Å²) >= 11 is 0. The van der Waals surface area contributed by atoms with Crippen LogP contribution in [0.5, 0.6) is 0 Å². The molecule has 2 heterocycles. The molecule has 1 aliphatic rings. The van der Waals surface area contributed by atoms with Crippen molar-refractivity contribution in [2.24, 2.45) is 0 Å². The quantitative estimate of drug-likeness (QED) is 0.897. The number of carbonyl (C=O) groups is 2. The molecule has 0 unspecified atom stereocenters. The Morgan fingerprint density at radius 1 is 1.25 bits per heavy atom. The van der Waals surface area contributed by atoms with E-state index in [-0.39, 0.29) is 17.4 Å². The van der Waals surface area contributed by atoms with Crippen LogP contribution in [0.3, 0.4) is 0 Å². The lowest BCUT2D eigenvalue weighted by atomic mass is 10.00. The van der Waals surface area contributed by atoms with E-state index in [1.807, 2.05) is 18.2 Å². The summed E-state index contributed by atoms with van der Waals surface area (Å²) in [6.07, 6.45) is 0.783. The van der Waals surface area contributed by atoms with Gasteiger partial charge in [-0.05, 0) is 17.5 Å². The van der Waals surface area contributed by atoms with Crippen molar-refractivity contribution in [1.29, 1.82) is 0 Å². The van der Waals surface area contributed by atoms with E-state index in [2.05, 4.69) is 15.7 Å². The number of hydrogen-bond acceptors (Lipinski definition) is 4. The maximum Gasteiger partial charge on any atom is 0.374 e. The number of carboxylic acids is 1. The molecule has 0 atom stereocenters. The molecule has 2 aromatic rings. The Bertz CT molecular complexity index is 677. The van der Waals surface area contributed by atoms with E-state index in [0.29, 0.717) is 13.1 Å². The van der Waals surface area contributed by atoms with Gasteiger partial charge >= 0.3 is 5.97 Å². The molecule has 102 valence electrons. The Morgan fingerprint density at radius 2 is 2.00 bits per heavy atom. The van der Waals surface area contributed by atoms with Crippen LogP contribution in [-0.4, -0.2) is 33.6 Å². The van der Waals surface area contributed by atoms with Gasteiger partial charge in [0.1, 0.15) is 0 Å². The lowest BCUT2D eigenvalue weighted by Crippen LogP contribution is -2.36. The molecule has 1 aromatic heterocycles. The molecule has 3 rings (SSSR count). The number of carbonyl (C=O) groups excluding carboxylic acids is 1. The van der Waals surface area contributed by atoms with E-state index in [1.165, 1.54) is 5.56 Å². The third kappa shape index (κ3) is 2.16. The van der Waals surface area contributed by atoms with Gasteiger partial charge < -0.3 is 14.5 Å². The van der Waals surface area contributed by atoms with E-state index in [4.69, 9.17) is 5.11 Å². The zero-order valence-electron chi connectivity index (χ0n) is 10.6. The highest BCUT2D eigenvalue weighted by atomic mass is 16.5. The van der Waals surface area contributed by atoms with Crippen LogP contribution in [0.1, 0.15) is 32.2 Å². The van der Waals surface area contributed by atoms with Crippen LogP contribution in [0.25, 0.3) is 0 Å². The number of amides is 1. The van der Waals surface area contributed by atoms with Crippen molar-refractivity contribution < 1.29 is 19.2 Å². The van der Waals surface area contributed by atoms with Crippen LogP contribution < -0.4 is 0 Å². The Balaban J connectivity index is 1.80. The number of aromatic nitrogens is 1. The van der Waals surface area contributed by atoms with Crippen LogP contribution in [0.4, 0.5) is 0 Å². The van der Waals surface area contributed by atoms with Crippen molar-refractivity contribution in [3.05, 3.63) is 52.9 Å². The van der Waals surface area contributed by atoms with E-state index < -0.39 is 5.97 Å². The molecule has 20 heavy (non-hydrogen) atoms. The minimum Gasteiger partial charge on any atom is -0.475 e. The molecule has 0 radical (unpaired) electrons. The smallest absolute Gasteiger partial charge is 0.374 e. The van der Waals surface area contributed by atoms with Crippen molar-refractivity contribution in [2.75, 3.05) is 6.54 Å². The van der Waals surface area contributed by atoms with Gasteiger partial charge in [-0.3, -0.25) is 4.79 Å². The standard InChI is InChI=1S/C14H12N2O4/c17-13(11-7-12(14(18)19)20-15-11)16-6-5-9-3-1-2-4-10(9)8-16/h1-4,7H,5-6,8H2,(H,18,19).